The predicted octanol–water partition coefficient (Wildman–Crippen LogP) is 5.78. The number of halogens is 2. The van der Waals surface area contributed by atoms with E-state index in [4.69, 9.17) is 37.4 Å². The van der Waals surface area contributed by atoms with E-state index in [9.17, 15) is 14.4 Å². The topological polar surface area (TPSA) is 144 Å². The van der Waals surface area contributed by atoms with Gasteiger partial charge in [-0.25, -0.2) is 14.8 Å². The van der Waals surface area contributed by atoms with Crippen LogP contribution < -0.4 is 30.3 Å². The highest BCUT2D eigenvalue weighted by atomic mass is 35.5. The third-order valence-electron chi connectivity index (χ3n) is 7.23. The molecule has 4 rings (SSSR count). The fraction of sp³-hybridized carbons (Fsp3) is 0.281. The number of benzene rings is 2. The van der Waals surface area contributed by atoms with Gasteiger partial charge in [-0.1, -0.05) is 48.5 Å². The number of ether oxygens (including phenoxy) is 3. The standard InChI is InChI=1S/C32H34Cl2N6O6/c1-5-22(41)13-20-16-46-17-23(20)38-26-15-27(36-18-35-26)40(12-11-19-7-9-21(10-8-19)37-28(42)6-2)32(43)39-31-29(33)24(44-3)14-25(45-4)30(31)34/h5-10,14-15,18,20,23H,1-2,11-13,16-17H2,3-4H3,(H,37,42)(H,39,43)(H,35,36,38). The van der Waals surface area contributed by atoms with Crippen LogP contribution in [0.15, 0.2) is 68.0 Å². The molecule has 0 bridgehead atoms. The van der Waals surface area contributed by atoms with Crippen LogP contribution in [0.2, 0.25) is 10.0 Å². The largest absolute Gasteiger partial charge is 0.495 e. The Balaban J connectivity index is 1.61. The predicted molar refractivity (Wildman–Crippen MR) is 178 cm³/mol. The molecule has 0 aliphatic carbocycles. The van der Waals surface area contributed by atoms with Crippen LogP contribution in [0.25, 0.3) is 0 Å². The van der Waals surface area contributed by atoms with Gasteiger partial charge >= 0.3 is 6.03 Å². The highest BCUT2D eigenvalue weighted by molar-refractivity contribution is 6.41. The molecule has 12 nitrogen and oxygen atoms in total. The van der Waals surface area contributed by atoms with E-state index in [1.165, 1.54) is 43.7 Å². The molecule has 0 spiro atoms. The number of ketones is 1. The van der Waals surface area contributed by atoms with Crippen LogP contribution in [0.5, 0.6) is 11.5 Å². The molecule has 1 saturated heterocycles. The Bertz CT molecular complexity index is 1570. The Morgan fingerprint density at radius 1 is 1.00 bits per heavy atom. The molecule has 0 saturated carbocycles. The van der Waals surface area contributed by atoms with E-state index in [-0.39, 0.29) is 69.7 Å². The summed E-state index contributed by atoms with van der Waals surface area (Å²) in [6, 6.07) is 9.58. The van der Waals surface area contributed by atoms with Gasteiger partial charge < -0.3 is 30.2 Å². The second-order valence-corrected chi connectivity index (χ2v) is 10.9. The summed E-state index contributed by atoms with van der Waals surface area (Å²) in [6.45, 7) is 8.00. The summed E-state index contributed by atoms with van der Waals surface area (Å²) < 4.78 is 16.3. The molecule has 0 radical (unpaired) electrons. The number of methoxy groups -OCH3 is 2. The first-order valence-corrected chi connectivity index (χ1v) is 14.9. The molecule has 2 atom stereocenters. The van der Waals surface area contributed by atoms with Crippen molar-refractivity contribution < 1.29 is 28.6 Å². The number of hydrogen-bond donors (Lipinski definition) is 3. The summed E-state index contributed by atoms with van der Waals surface area (Å²) in [5.74, 6) is 0.764. The quantitative estimate of drug-likeness (QED) is 0.182. The Morgan fingerprint density at radius 3 is 2.33 bits per heavy atom. The van der Waals surface area contributed by atoms with Gasteiger partial charge in [0.25, 0.3) is 0 Å². The van der Waals surface area contributed by atoms with Crippen LogP contribution in [-0.2, 0) is 20.7 Å². The zero-order chi connectivity index (χ0) is 33.2. The van der Waals surface area contributed by atoms with Crippen molar-refractivity contribution in [3.05, 3.63) is 83.6 Å². The molecule has 46 heavy (non-hydrogen) atoms. The first-order valence-electron chi connectivity index (χ1n) is 14.2. The Labute approximate surface area is 276 Å². The van der Waals surface area contributed by atoms with Crippen molar-refractivity contribution in [1.82, 2.24) is 9.97 Å². The number of hydrogen-bond acceptors (Lipinski definition) is 9. The van der Waals surface area contributed by atoms with Gasteiger partial charge in [0.05, 0.1) is 39.2 Å². The zero-order valence-corrected chi connectivity index (χ0v) is 26.9. The molecule has 3 amide bonds. The number of carbonyl (C=O) groups is 3. The Morgan fingerprint density at radius 2 is 1.70 bits per heavy atom. The van der Waals surface area contributed by atoms with Gasteiger partial charge in [0.1, 0.15) is 39.5 Å². The van der Waals surface area contributed by atoms with Gasteiger partial charge in [0.15, 0.2) is 5.78 Å². The Kier molecular flexibility index (Phi) is 12.0. The molecule has 14 heteroatoms. The summed E-state index contributed by atoms with van der Waals surface area (Å²) in [6.07, 6.45) is 4.53. The van der Waals surface area contributed by atoms with E-state index in [0.29, 0.717) is 31.1 Å². The van der Waals surface area contributed by atoms with Crippen LogP contribution >= 0.6 is 23.2 Å². The van der Waals surface area contributed by atoms with E-state index >= 15 is 0 Å². The van der Waals surface area contributed by atoms with Crippen molar-refractivity contribution in [2.75, 3.05) is 54.8 Å². The highest BCUT2D eigenvalue weighted by Gasteiger charge is 2.30. The number of rotatable bonds is 14. The van der Waals surface area contributed by atoms with Crippen LogP contribution in [0.1, 0.15) is 12.0 Å². The van der Waals surface area contributed by atoms with E-state index in [1.807, 2.05) is 12.1 Å². The first kappa shape index (κ1) is 34.2. The average molecular weight is 670 g/mol. The fourth-order valence-electron chi connectivity index (χ4n) is 4.74. The van der Waals surface area contributed by atoms with Crippen molar-refractivity contribution in [2.24, 2.45) is 5.92 Å². The number of allylic oxidation sites excluding steroid dienone is 1. The van der Waals surface area contributed by atoms with Crippen molar-refractivity contribution in [3.63, 3.8) is 0 Å². The lowest BCUT2D eigenvalue weighted by atomic mass is 9.97. The second kappa shape index (κ2) is 16.1. The SMILES string of the molecule is C=CC(=O)CC1COCC1Nc1cc(N(CCc2ccc(NC(=O)C=C)cc2)C(=O)Nc2c(Cl)c(OC)cc(OC)c2Cl)ncn1. The third kappa shape index (κ3) is 8.53. The van der Waals surface area contributed by atoms with Gasteiger partial charge in [0.2, 0.25) is 5.91 Å². The molecule has 3 N–H and O–H groups in total. The van der Waals surface area contributed by atoms with Crippen molar-refractivity contribution >= 4 is 63.9 Å². The summed E-state index contributed by atoms with van der Waals surface area (Å²) >= 11 is 13.1. The number of nitrogens with zero attached hydrogens (tertiary/aromatic N) is 3. The number of anilines is 4. The summed E-state index contributed by atoms with van der Waals surface area (Å²) in [7, 11) is 2.87. The smallest absolute Gasteiger partial charge is 0.327 e. The maximum atomic E-state index is 13.9. The lowest BCUT2D eigenvalue weighted by Crippen LogP contribution is -2.37. The van der Waals surface area contributed by atoms with E-state index in [0.717, 1.165) is 5.56 Å². The number of urea groups is 1. The molecule has 1 fully saturated rings. The number of nitrogens with one attached hydrogen (secondary N) is 3. The highest BCUT2D eigenvalue weighted by Crippen LogP contribution is 2.44. The molecule has 3 aromatic rings. The van der Waals surface area contributed by atoms with Crippen molar-refractivity contribution in [2.45, 2.75) is 18.9 Å². The van der Waals surface area contributed by atoms with Gasteiger partial charge in [0, 0.05) is 36.7 Å². The number of amides is 3. The average Bonchev–Trinajstić information content (AvgIpc) is 3.49. The molecule has 2 aromatic carbocycles. The van der Waals surface area contributed by atoms with E-state index < -0.39 is 6.03 Å². The van der Waals surface area contributed by atoms with Crippen LogP contribution in [-0.4, -0.2) is 67.7 Å². The van der Waals surface area contributed by atoms with Crippen LogP contribution in [0, 0.1) is 5.92 Å². The van der Waals surface area contributed by atoms with Crippen molar-refractivity contribution in [1.29, 1.82) is 0 Å². The molecule has 1 aliphatic rings. The maximum Gasteiger partial charge on any atom is 0.327 e. The lowest BCUT2D eigenvalue weighted by Gasteiger charge is -2.25. The second-order valence-electron chi connectivity index (χ2n) is 10.2. The molecule has 1 aromatic heterocycles. The minimum Gasteiger partial charge on any atom is -0.495 e. The number of carbonyl (C=O) groups excluding carboxylic acids is 3. The lowest BCUT2D eigenvalue weighted by molar-refractivity contribution is -0.115. The Hall–Kier alpha value is -4.65. The molecular weight excluding hydrogens is 635 g/mol. The summed E-state index contributed by atoms with van der Waals surface area (Å²) in [5.41, 5.74) is 1.59. The first-order chi connectivity index (χ1) is 22.2. The zero-order valence-electron chi connectivity index (χ0n) is 25.3. The van der Waals surface area contributed by atoms with E-state index in [1.54, 1.807) is 18.2 Å². The molecule has 1 aliphatic heterocycles. The third-order valence-corrected chi connectivity index (χ3v) is 7.98. The van der Waals surface area contributed by atoms with Gasteiger partial charge in [-0.15, -0.1) is 0 Å². The fourth-order valence-corrected chi connectivity index (χ4v) is 5.34. The minimum absolute atomic E-state index is 0.0730. The normalized spacial score (nSPS) is 15.4. The molecule has 2 heterocycles. The molecular formula is C32H34Cl2N6O6. The monoisotopic (exact) mass is 668 g/mol. The van der Waals surface area contributed by atoms with E-state index in [2.05, 4.69) is 39.1 Å². The molecule has 2 unspecified atom stereocenters. The molecule has 242 valence electrons. The van der Waals surface area contributed by atoms with Crippen molar-refractivity contribution in [3.8, 4) is 11.5 Å². The van der Waals surface area contributed by atoms with Crippen LogP contribution in [0.4, 0.5) is 27.8 Å². The van der Waals surface area contributed by atoms with Gasteiger partial charge in [-0.2, -0.15) is 0 Å². The minimum atomic E-state index is -0.586. The maximum absolute atomic E-state index is 13.9. The van der Waals surface area contributed by atoms with Gasteiger partial charge in [-0.3, -0.25) is 14.5 Å². The summed E-state index contributed by atoms with van der Waals surface area (Å²) in [5, 5.41) is 8.98. The summed E-state index contributed by atoms with van der Waals surface area (Å²) in [4.78, 5) is 47.7. The van der Waals surface area contributed by atoms with Crippen LogP contribution in [0.3, 0.4) is 0 Å². The number of aromatic nitrogens is 2. The van der Waals surface area contributed by atoms with Gasteiger partial charge in [-0.05, 0) is 36.3 Å².